The van der Waals surface area contributed by atoms with E-state index in [0.717, 1.165) is 13.1 Å². The van der Waals surface area contributed by atoms with Crippen LogP contribution < -0.4 is 0 Å². The fourth-order valence-corrected chi connectivity index (χ4v) is 1.57. The standard InChI is InChI=1S/C9H16N2/c10-6-9-11-7-4-2-1-3-5-8-11/h1-5,7-9H2. The quantitative estimate of drug-likeness (QED) is 0.535. The lowest BCUT2D eigenvalue weighted by molar-refractivity contribution is 0.274. The Hall–Kier alpha value is -0.550. The molecule has 62 valence electrons. The van der Waals surface area contributed by atoms with E-state index in [1.807, 2.05) is 0 Å². The Morgan fingerprint density at radius 1 is 1.00 bits per heavy atom. The molecule has 0 unspecified atom stereocenters. The first-order valence-electron chi connectivity index (χ1n) is 4.53. The Morgan fingerprint density at radius 3 is 2.09 bits per heavy atom. The zero-order valence-corrected chi connectivity index (χ0v) is 7.05. The van der Waals surface area contributed by atoms with Gasteiger partial charge in [-0.1, -0.05) is 19.3 Å². The molecular formula is C9H16N2. The molecule has 1 rings (SSSR count). The van der Waals surface area contributed by atoms with Gasteiger partial charge in [-0.3, -0.25) is 4.90 Å². The second kappa shape index (κ2) is 5.15. The lowest BCUT2D eigenvalue weighted by Crippen LogP contribution is -2.27. The van der Waals surface area contributed by atoms with Crippen molar-refractivity contribution in [3.63, 3.8) is 0 Å². The van der Waals surface area contributed by atoms with E-state index in [1.54, 1.807) is 0 Å². The molecule has 0 aromatic rings. The highest BCUT2D eigenvalue weighted by atomic mass is 15.1. The minimum atomic E-state index is 0.625. The van der Waals surface area contributed by atoms with Crippen LogP contribution in [-0.2, 0) is 0 Å². The van der Waals surface area contributed by atoms with Gasteiger partial charge < -0.3 is 0 Å². The second-order valence-corrected chi connectivity index (χ2v) is 3.20. The van der Waals surface area contributed by atoms with Gasteiger partial charge in [0.05, 0.1) is 12.6 Å². The van der Waals surface area contributed by atoms with E-state index >= 15 is 0 Å². The van der Waals surface area contributed by atoms with Crippen molar-refractivity contribution in [2.75, 3.05) is 19.6 Å². The van der Waals surface area contributed by atoms with E-state index in [9.17, 15) is 0 Å². The number of hydrogen-bond acceptors (Lipinski definition) is 2. The molecule has 0 radical (unpaired) electrons. The van der Waals surface area contributed by atoms with Gasteiger partial charge in [0, 0.05) is 0 Å². The van der Waals surface area contributed by atoms with E-state index in [0.29, 0.717) is 6.54 Å². The fraction of sp³-hybridized carbons (Fsp3) is 0.889. The largest absolute Gasteiger partial charge is 0.291 e. The molecule has 1 aliphatic rings. The molecule has 1 fully saturated rings. The van der Waals surface area contributed by atoms with Crippen molar-refractivity contribution in [3.05, 3.63) is 0 Å². The first-order chi connectivity index (χ1) is 5.43. The van der Waals surface area contributed by atoms with Crippen LogP contribution in [0.4, 0.5) is 0 Å². The van der Waals surface area contributed by atoms with Crippen molar-refractivity contribution in [3.8, 4) is 6.07 Å². The maximum atomic E-state index is 8.49. The van der Waals surface area contributed by atoms with Crippen LogP contribution in [0.2, 0.25) is 0 Å². The summed E-state index contributed by atoms with van der Waals surface area (Å²) in [4.78, 5) is 2.26. The van der Waals surface area contributed by atoms with Crippen LogP contribution >= 0.6 is 0 Å². The first-order valence-corrected chi connectivity index (χ1v) is 4.53. The Bertz CT molecular complexity index is 129. The van der Waals surface area contributed by atoms with Gasteiger partial charge in [0.1, 0.15) is 0 Å². The lowest BCUT2D eigenvalue weighted by atomic mass is 10.1. The van der Waals surface area contributed by atoms with Crippen molar-refractivity contribution in [2.45, 2.75) is 32.1 Å². The fourth-order valence-electron chi connectivity index (χ4n) is 1.57. The summed E-state index contributed by atoms with van der Waals surface area (Å²) in [5, 5.41) is 8.49. The molecule has 1 saturated heterocycles. The zero-order valence-electron chi connectivity index (χ0n) is 7.05. The number of nitrogens with zero attached hydrogens (tertiary/aromatic N) is 2. The molecule has 0 atom stereocenters. The average Bonchev–Trinajstić information content (AvgIpc) is 1.94. The van der Waals surface area contributed by atoms with Crippen LogP contribution in [0.15, 0.2) is 0 Å². The van der Waals surface area contributed by atoms with Gasteiger partial charge in [-0.2, -0.15) is 5.26 Å². The third-order valence-electron chi connectivity index (χ3n) is 2.24. The lowest BCUT2D eigenvalue weighted by Gasteiger charge is -2.20. The molecule has 0 N–H and O–H groups in total. The van der Waals surface area contributed by atoms with Gasteiger partial charge in [-0.05, 0) is 25.9 Å². The Balaban J connectivity index is 2.21. The molecule has 2 nitrogen and oxygen atoms in total. The van der Waals surface area contributed by atoms with Crippen LogP contribution in [0.1, 0.15) is 32.1 Å². The third-order valence-corrected chi connectivity index (χ3v) is 2.24. The minimum Gasteiger partial charge on any atom is -0.291 e. The van der Waals surface area contributed by atoms with Gasteiger partial charge in [0.2, 0.25) is 0 Å². The van der Waals surface area contributed by atoms with Gasteiger partial charge in [-0.15, -0.1) is 0 Å². The van der Waals surface area contributed by atoms with Crippen LogP contribution in [-0.4, -0.2) is 24.5 Å². The predicted octanol–water partition coefficient (Wildman–Crippen LogP) is 1.78. The SMILES string of the molecule is N#CCN1CCCCCCC1. The van der Waals surface area contributed by atoms with Crippen LogP contribution in [0.5, 0.6) is 0 Å². The molecule has 0 bridgehead atoms. The highest BCUT2D eigenvalue weighted by Gasteiger charge is 2.05. The van der Waals surface area contributed by atoms with E-state index in [1.165, 1.54) is 32.1 Å². The zero-order chi connectivity index (χ0) is 7.94. The highest BCUT2D eigenvalue weighted by Crippen LogP contribution is 2.09. The molecule has 0 amide bonds. The summed E-state index contributed by atoms with van der Waals surface area (Å²) in [6, 6.07) is 2.21. The molecule has 2 heteroatoms. The highest BCUT2D eigenvalue weighted by molar-refractivity contribution is 4.76. The van der Waals surface area contributed by atoms with Crippen molar-refractivity contribution >= 4 is 0 Å². The Morgan fingerprint density at radius 2 is 1.55 bits per heavy atom. The third kappa shape index (κ3) is 3.38. The Labute approximate surface area is 68.8 Å². The number of hydrogen-bond donors (Lipinski definition) is 0. The van der Waals surface area contributed by atoms with Gasteiger partial charge in [0.25, 0.3) is 0 Å². The summed E-state index contributed by atoms with van der Waals surface area (Å²) in [6.07, 6.45) is 6.65. The summed E-state index contributed by atoms with van der Waals surface area (Å²) < 4.78 is 0. The van der Waals surface area contributed by atoms with E-state index in [-0.39, 0.29) is 0 Å². The van der Waals surface area contributed by atoms with Crippen LogP contribution in [0.25, 0.3) is 0 Å². The van der Waals surface area contributed by atoms with Gasteiger partial charge >= 0.3 is 0 Å². The smallest absolute Gasteiger partial charge is 0.0865 e. The molecular weight excluding hydrogens is 136 g/mol. The van der Waals surface area contributed by atoms with Crippen molar-refractivity contribution in [1.82, 2.24) is 4.90 Å². The van der Waals surface area contributed by atoms with E-state index in [2.05, 4.69) is 11.0 Å². The Kier molecular flexibility index (Phi) is 4.00. The van der Waals surface area contributed by atoms with Crippen molar-refractivity contribution < 1.29 is 0 Å². The van der Waals surface area contributed by atoms with Gasteiger partial charge in [0.15, 0.2) is 0 Å². The molecule has 0 aromatic heterocycles. The monoisotopic (exact) mass is 152 g/mol. The maximum absolute atomic E-state index is 8.49. The van der Waals surface area contributed by atoms with Crippen LogP contribution in [0, 0.1) is 11.3 Å². The average molecular weight is 152 g/mol. The molecule has 1 heterocycles. The molecule has 0 aliphatic carbocycles. The summed E-state index contributed by atoms with van der Waals surface area (Å²) in [5.41, 5.74) is 0. The number of rotatable bonds is 1. The van der Waals surface area contributed by atoms with E-state index < -0.39 is 0 Å². The normalized spacial score (nSPS) is 21.7. The minimum absolute atomic E-state index is 0.625. The topological polar surface area (TPSA) is 27.0 Å². The molecule has 11 heavy (non-hydrogen) atoms. The second-order valence-electron chi connectivity index (χ2n) is 3.20. The van der Waals surface area contributed by atoms with Crippen molar-refractivity contribution in [2.24, 2.45) is 0 Å². The van der Waals surface area contributed by atoms with Crippen molar-refractivity contribution in [1.29, 1.82) is 5.26 Å². The van der Waals surface area contributed by atoms with E-state index in [4.69, 9.17) is 5.26 Å². The first kappa shape index (κ1) is 8.55. The number of likely N-dealkylation sites (tertiary alicyclic amines) is 1. The predicted molar refractivity (Wildman–Crippen MR) is 45.1 cm³/mol. The van der Waals surface area contributed by atoms with Gasteiger partial charge in [-0.25, -0.2) is 0 Å². The molecule has 1 aliphatic heterocycles. The molecule has 0 spiro atoms. The number of nitriles is 1. The van der Waals surface area contributed by atoms with Crippen LogP contribution in [0.3, 0.4) is 0 Å². The summed E-state index contributed by atoms with van der Waals surface area (Å²) in [6.45, 7) is 2.89. The summed E-state index contributed by atoms with van der Waals surface area (Å²) in [5.74, 6) is 0. The summed E-state index contributed by atoms with van der Waals surface area (Å²) >= 11 is 0. The maximum Gasteiger partial charge on any atom is 0.0865 e. The molecule has 0 saturated carbocycles. The molecule has 0 aromatic carbocycles. The summed E-state index contributed by atoms with van der Waals surface area (Å²) in [7, 11) is 0.